The van der Waals surface area contributed by atoms with Gasteiger partial charge < -0.3 is 10.3 Å². The first-order valence-electron chi connectivity index (χ1n) is 7.91. The number of carbonyl (C=O) groups excluding carboxylic acids is 1. The molecule has 1 heterocycles. The Morgan fingerprint density at radius 2 is 2.04 bits per heavy atom. The monoisotopic (exact) mass is 307 g/mol. The summed E-state index contributed by atoms with van der Waals surface area (Å²) in [5, 5.41) is 3.01. The molecule has 118 valence electrons. The number of rotatable bonds is 5. The van der Waals surface area contributed by atoms with Crippen LogP contribution in [0.4, 0.5) is 0 Å². The molecule has 1 atom stereocenters. The van der Waals surface area contributed by atoms with Gasteiger partial charge in [0.15, 0.2) is 0 Å². The number of fused-ring (bicyclic) bond motifs is 1. The Balaban J connectivity index is 1.58. The molecule has 1 unspecified atom stereocenters. The second-order valence-corrected chi connectivity index (χ2v) is 5.92. The van der Waals surface area contributed by atoms with Crippen LogP contribution in [0, 0.1) is 6.92 Å². The Morgan fingerprint density at radius 3 is 2.83 bits per heavy atom. The minimum absolute atomic E-state index is 0.0412. The zero-order valence-corrected chi connectivity index (χ0v) is 13.5. The van der Waals surface area contributed by atoms with Crippen LogP contribution in [0.15, 0.2) is 48.5 Å². The van der Waals surface area contributed by atoms with Crippen LogP contribution < -0.4 is 5.32 Å². The molecule has 0 saturated carbocycles. The maximum atomic E-state index is 12.1. The van der Waals surface area contributed by atoms with Gasteiger partial charge in [-0.15, -0.1) is 0 Å². The molecule has 0 saturated heterocycles. The minimum Gasteiger partial charge on any atom is -0.346 e. The van der Waals surface area contributed by atoms with Crippen LogP contribution in [0.1, 0.15) is 36.3 Å². The molecule has 4 heteroatoms. The summed E-state index contributed by atoms with van der Waals surface area (Å²) >= 11 is 0. The van der Waals surface area contributed by atoms with E-state index in [1.807, 2.05) is 37.3 Å². The van der Waals surface area contributed by atoms with E-state index in [2.05, 4.69) is 40.4 Å². The molecule has 3 aromatic rings. The van der Waals surface area contributed by atoms with Crippen LogP contribution in [-0.2, 0) is 11.2 Å². The van der Waals surface area contributed by atoms with Gasteiger partial charge in [0.1, 0.15) is 5.82 Å². The Hall–Kier alpha value is -2.62. The van der Waals surface area contributed by atoms with E-state index in [1.165, 1.54) is 11.1 Å². The molecule has 0 aliphatic rings. The minimum atomic E-state index is -0.132. The van der Waals surface area contributed by atoms with Crippen LogP contribution in [0.2, 0.25) is 0 Å². The molecule has 3 rings (SSSR count). The topological polar surface area (TPSA) is 57.8 Å². The number of benzene rings is 2. The third-order valence-corrected chi connectivity index (χ3v) is 3.92. The van der Waals surface area contributed by atoms with E-state index in [0.717, 1.165) is 23.3 Å². The van der Waals surface area contributed by atoms with Crippen LogP contribution in [0.25, 0.3) is 11.0 Å². The zero-order valence-electron chi connectivity index (χ0n) is 13.5. The van der Waals surface area contributed by atoms with E-state index in [4.69, 9.17) is 0 Å². The van der Waals surface area contributed by atoms with Crippen LogP contribution in [0.3, 0.4) is 0 Å². The lowest BCUT2D eigenvalue weighted by atomic mass is 10.1. The molecule has 1 amide bonds. The van der Waals surface area contributed by atoms with E-state index in [-0.39, 0.29) is 11.9 Å². The number of imidazole rings is 1. The number of hydrogen-bond donors (Lipinski definition) is 2. The number of aromatic nitrogens is 2. The van der Waals surface area contributed by atoms with E-state index < -0.39 is 0 Å². The number of carbonyl (C=O) groups is 1. The maximum absolute atomic E-state index is 12.1. The summed E-state index contributed by atoms with van der Waals surface area (Å²) in [6, 6.07) is 16.0. The molecule has 23 heavy (non-hydrogen) atoms. The van der Waals surface area contributed by atoms with Gasteiger partial charge in [0, 0.05) is 6.42 Å². The number of nitrogens with zero attached hydrogens (tertiary/aromatic N) is 1. The average molecular weight is 307 g/mol. The lowest BCUT2D eigenvalue weighted by Gasteiger charge is -2.11. The molecule has 2 N–H and O–H groups in total. The first-order valence-corrected chi connectivity index (χ1v) is 7.91. The largest absolute Gasteiger partial charge is 0.346 e. The molecule has 0 spiro atoms. The lowest BCUT2D eigenvalue weighted by Crippen LogP contribution is -2.27. The predicted molar refractivity (Wildman–Crippen MR) is 92.2 cm³/mol. The number of aromatic amines is 1. The number of hydrogen-bond acceptors (Lipinski definition) is 2. The zero-order chi connectivity index (χ0) is 16.2. The van der Waals surface area contributed by atoms with Crippen molar-refractivity contribution in [3.05, 3.63) is 65.5 Å². The van der Waals surface area contributed by atoms with Crippen molar-refractivity contribution >= 4 is 16.9 Å². The van der Waals surface area contributed by atoms with Crippen LogP contribution in [-0.4, -0.2) is 15.9 Å². The van der Waals surface area contributed by atoms with E-state index >= 15 is 0 Å². The van der Waals surface area contributed by atoms with Crippen molar-refractivity contribution in [3.63, 3.8) is 0 Å². The summed E-state index contributed by atoms with van der Waals surface area (Å²) in [6.07, 6.45) is 1.23. The molecule has 0 aliphatic carbocycles. The Morgan fingerprint density at radius 1 is 1.22 bits per heavy atom. The highest BCUT2D eigenvalue weighted by Gasteiger charge is 2.13. The van der Waals surface area contributed by atoms with Gasteiger partial charge in [0.25, 0.3) is 0 Å². The van der Waals surface area contributed by atoms with Gasteiger partial charge >= 0.3 is 0 Å². The van der Waals surface area contributed by atoms with Crippen molar-refractivity contribution < 1.29 is 4.79 Å². The van der Waals surface area contributed by atoms with Gasteiger partial charge in [-0.25, -0.2) is 4.98 Å². The molecular formula is C19H21N3O. The number of para-hydroxylation sites is 2. The molecule has 2 aromatic carbocycles. The fourth-order valence-corrected chi connectivity index (χ4v) is 2.69. The fourth-order valence-electron chi connectivity index (χ4n) is 2.69. The molecule has 1 aromatic heterocycles. The molecule has 0 fully saturated rings. The standard InChI is InChI=1S/C19H21N3O/c1-13-6-5-7-15(12-13)10-11-18(23)20-14(2)19-21-16-8-3-4-9-17(16)22-19/h3-9,12,14H,10-11H2,1-2H3,(H,20,23)(H,21,22). The summed E-state index contributed by atoms with van der Waals surface area (Å²) in [6.45, 7) is 4.01. The van der Waals surface area contributed by atoms with Crippen molar-refractivity contribution in [2.45, 2.75) is 32.7 Å². The highest BCUT2D eigenvalue weighted by Crippen LogP contribution is 2.15. The third kappa shape index (κ3) is 3.77. The Bertz CT molecular complexity index is 789. The van der Waals surface area contributed by atoms with Gasteiger partial charge in [0.05, 0.1) is 17.1 Å². The van der Waals surface area contributed by atoms with Gasteiger partial charge in [-0.05, 0) is 38.0 Å². The molecule has 0 radical (unpaired) electrons. The van der Waals surface area contributed by atoms with E-state index in [1.54, 1.807) is 0 Å². The SMILES string of the molecule is Cc1cccc(CCC(=O)NC(C)c2nc3ccccc3[nH]2)c1. The second-order valence-electron chi connectivity index (χ2n) is 5.92. The van der Waals surface area contributed by atoms with Crippen molar-refractivity contribution in [2.24, 2.45) is 0 Å². The van der Waals surface area contributed by atoms with Crippen molar-refractivity contribution in [2.75, 3.05) is 0 Å². The van der Waals surface area contributed by atoms with Crippen molar-refractivity contribution in [3.8, 4) is 0 Å². The quantitative estimate of drug-likeness (QED) is 0.755. The smallest absolute Gasteiger partial charge is 0.220 e. The molecular weight excluding hydrogens is 286 g/mol. The summed E-state index contributed by atoms with van der Waals surface area (Å²) < 4.78 is 0. The molecule has 0 aliphatic heterocycles. The molecule has 4 nitrogen and oxygen atoms in total. The Labute approximate surface area is 136 Å². The van der Waals surface area contributed by atoms with E-state index in [9.17, 15) is 4.79 Å². The van der Waals surface area contributed by atoms with E-state index in [0.29, 0.717) is 6.42 Å². The van der Waals surface area contributed by atoms with Crippen LogP contribution >= 0.6 is 0 Å². The van der Waals surface area contributed by atoms with Gasteiger partial charge in [-0.3, -0.25) is 4.79 Å². The Kier molecular flexibility index (Phi) is 4.42. The maximum Gasteiger partial charge on any atom is 0.220 e. The normalized spacial score (nSPS) is 12.3. The van der Waals surface area contributed by atoms with Gasteiger partial charge in [-0.1, -0.05) is 42.0 Å². The summed E-state index contributed by atoms with van der Waals surface area (Å²) in [5.41, 5.74) is 4.32. The highest BCUT2D eigenvalue weighted by molar-refractivity contribution is 5.77. The number of amides is 1. The summed E-state index contributed by atoms with van der Waals surface area (Å²) in [4.78, 5) is 19.9. The second kappa shape index (κ2) is 6.65. The third-order valence-electron chi connectivity index (χ3n) is 3.92. The number of nitrogens with one attached hydrogen (secondary N) is 2. The predicted octanol–water partition coefficient (Wildman–Crippen LogP) is 3.68. The van der Waals surface area contributed by atoms with Gasteiger partial charge in [0.2, 0.25) is 5.91 Å². The highest BCUT2D eigenvalue weighted by atomic mass is 16.1. The number of H-pyrrole nitrogens is 1. The first-order chi connectivity index (χ1) is 11.1. The summed E-state index contributed by atoms with van der Waals surface area (Å²) in [5.74, 6) is 0.828. The van der Waals surface area contributed by atoms with Crippen molar-refractivity contribution in [1.82, 2.24) is 15.3 Å². The van der Waals surface area contributed by atoms with Crippen molar-refractivity contribution in [1.29, 1.82) is 0 Å². The lowest BCUT2D eigenvalue weighted by molar-refractivity contribution is -0.121. The number of aryl methyl sites for hydroxylation is 2. The fraction of sp³-hybridized carbons (Fsp3) is 0.263. The summed E-state index contributed by atoms with van der Waals surface area (Å²) in [7, 11) is 0. The molecule has 0 bridgehead atoms. The van der Waals surface area contributed by atoms with Crippen LogP contribution in [0.5, 0.6) is 0 Å². The average Bonchev–Trinajstić information content (AvgIpc) is 2.97. The first kappa shape index (κ1) is 15.3. The van der Waals surface area contributed by atoms with Gasteiger partial charge in [-0.2, -0.15) is 0 Å².